The van der Waals surface area contributed by atoms with Gasteiger partial charge in [0.2, 0.25) is 0 Å². The SMILES string of the molecule is CCCNc1cncc(C(=O)Nc2ccccc2C#N)n1. The molecule has 0 saturated carbocycles. The molecule has 0 fully saturated rings. The van der Waals surface area contributed by atoms with Crippen LogP contribution < -0.4 is 10.6 Å². The minimum atomic E-state index is -0.398. The molecule has 0 aliphatic rings. The topological polar surface area (TPSA) is 90.7 Å². The van der Waals surface area contributed by atoms with Crippen LogP contribution >= 0.6 is 0 Å². The van der Waals surface area contributed by atoms with Crippen LogP contribution in [0.3, 0.4) is 0 Å². The second kappa shape index (κ2) is 7.01. The van der Waals surface area contributed by atoms with Crippen LogP contribution in [0.25, 0.3) is 0 Å². The van der Waals surface area contributed by atoms with E-state index >= 15 is 0 Å². The number of nitrogens with zero attached hydrogens (tertiary/aromatic N) is 3. The summed E-state index contributed by atoms with van der Waals surface area (Å²) < 4.78 is 0. The molecule has 0 spiro atoms. The summed E-state index contributed by atoms with van der Waals surface area (Å²) in [4.78, 5) is 20.3. The van der Waals surface area contributed by atoms with E-state index in [-0.39, 0.29) is 5.69 Å². The van der Waals surface area contributed by atoms with Crippen molar-refractivity contribution in [2.45, 2.75) is 13.3 Å². The van der Waals surface area contributed by atoms with Crippen LogP contribution in [0.15, 0.2) is 36.7 Å². The molecule has 0 bridgehead atoms. The lowest BCUT2D eigenvalue weighted by atomic mass is 10.2. The third-order valence-corrected chi connectivity index (χ3v) is 2.72. The van der Waals surface area contributed by atoms with Crippen molar-refractivity contribution in [2.24, 2.45) is 0 Å². The molecule has 1 aromatic heterocycles. The smallest absolute Gasteiger partial charge is 0.275 e. The van der Waals surface area contributed by atoms with Crippen molar-refractivity contribution in [1.82, 2.24) is 9.97 Å². The van der Waals surface area contributed by atoms with E-state index in [2.05, 4.69) is 20.6 Å². The molecule has 21 heavy (non-hydrogen) atoms. The molecule has 6 nitrogen and oxygen atoms in total. The Morgan fingerprint density at radius 3 is 2.90 bits per heavy atom. The summed E-state index contributed by atoms with van der Waals surface area (Å²) in [7, 11) is 0. The van der Waals surface area contributed by atoms with Crippen molar-refractivity contribution in [3.63, 3.8) is 0 Å². The molecular formula is C15H15N5O. The molecular weight excluding hydrogens is 266 g/mol. The monoisotopic (exact) mass is 281 g/mol. The quantitative estimate of drug-likeness (QED) is 0.878. The van der Waals surface area contributed by atoms with Crippen LogP contribution in [0.5, 0.6) is 0 Å². The number of hydrogen-bond acceptors (Lipinski definition) is 5. The fourth-order valence-electron chi connectivity index (χ4n) is 1.69. The molecule has 2 rings (SSSR count). The van der Waals surface area contributed by atoms with E-state index in [1.165, 1.54) is 6.20 Å². The summed E-state index contributed by atoms with van der Waals surface area (Å²) in [6.07, 6.45) is 3.91. The number of para-hydroxylation sites is 1. The first kappa shape index (κ1) is 14.5. The van der Waals surface area contributed by atoms with Gasteiger partial charge in [-0.1, -0.05) is 19.1 Å². The number of nitrogens with one attached hydrogen (secondary N) is 2. The minimum Gasteiger partial charge on any atom is -0.369 e. The van der Waals surface area contributed by atoms with Gasteiger partial charge in [-0.05, 0) is 18.6 Å². The normalized spacial score (nSPS) is 9.71. The summed E-state index contributed by atoms with van der Waals surface area (Å²) in [5, 5.41) is 14.7. The lowest BCUT2D eigenvalue weighted by molar-refractivity contribution is 0.102. The number of amides is 1. The maximum Gasteiger partial charge on any atom is 0.275 e. The Labute approximate surface area is 122 Å². The van der Waals surface area contributed by atoms with Crippen LogP contribution in [0, 0.1) is 11.3 Å². The summed E-state index contributed by atoms with van der Waals surface area (Å²) >= 11 is 0. The molecule has 0 unspecified atom stereocenters. The van der Waals surface area contributed by atoms with Gasteiger partial charge in [0, 0.05) is 6.54 Å². The largest absolute Gasteiger partial charge is 0.369 e. The fourth-order valence-corrected chi connectivity index (χ4v) is 1.69. The summed E-state index contributed by atoms with van der Waals surface area (Å²) in [6, 6.07) is 8.83. The van der Waals surface area contributed by atoms with Gasteiger partial charge in [-0.2, -0.15) is 5.26 Å². The Kier molecular flexibility index (Phi) is 4.83. The standard InChI is InChI=1S/C15H15N5O/c1-2-7-18-14-10-17-9-13(19-14)15(21)20-12-6-4-3-5-11(12)8-16/h3-6,9-10H,2,7H2,1H3,(H,18,19)(H,20,21). The predicted molar refractivity (Wildman–Crippen MR) is 79.9 cm³/mol. The van der Waals surface area contributed by atoms with E-state index in [0.29, 0.717) is 17.1 Å². The fraction of sp³-hybridized carbons (Fsp3) is 0.200. The highest BCUT2D eigenvalue weighted by Crippen LogP contribution is 2.14. The maximum atomic E-state index is 12.2. The Morgan fingerprint density at radius 2 is 2.14 bits per heavy atom. The van der Waals surface area contributed by atoms with E-state index in [9.17, 15) is 4.79 Å². The van der Waals surface area contributed by atoms with Crippen LogP contribution in [0.2, 0.25) is 0 Å². The van der Waals surface area contributed by atoms with Crippen LogP contribution in [0.1, 0.15) is 29.4 Å². The number of aromatic nitrogens is 2. The molecule has 6 heteroatoms. The Hall–Kier alpha value is -2.94. The number of nitriles is 1. The zero-order valence-electron chi connectivity index (χ0n) is 11.6. The number of rotatable bonds is 5. The van der Waals surface area contributed by atoms with Gasteiger partial charge in [0.1, 0.15) is 17.6 Å². The molecule has 1 aromatic carbocycles. The van der Waals surface area contributed by atoms with Gasteiger partial charge in [-0.25, -0.2) is 4.98 Å². The van der Waals surface area contributed by atoms with E-state index in [0.717, 1.165) is 13.0 Å². The van der Waals surface area contributed by atoms with Crippen molar-refractivity contribution in [1.29, 1.82) is 5.26 Å². The zero-order chi connectivity index (χ0) is 15.1. The highest BCUT2D eigenvalue weighted by Gasteiger charge is 2.11. The number of anilines is 2. The highest BCUT2D eigenvalue weighted by molar-refractivity contribution is 6.03. The first-order valence-corrected chi connectivity index (χ1v) is 6.61. The maximum absolute atomic E-state index is 12.2. The van der Waals surface area contributed by atoms with Crippen molar-refractivity contribution < 1.29 is 4.79 Å². The number of hydrogen-bond donors (Lipinski definition) is 2. The molecule has 0 atom stereocenters. The van der Waals surface area contributed by atoms with Gasteiger partial charge in [0.05, 0.1) is 23.6 Å². The first-order chi connectivity index (χ1) is 10.2. The molecule has 0 aliphatic heterocycles. The zero-order valence-corrected chi connectivity index (χ0v) is 11.6. The van der Waals surface area contributed by atoms with Crippen LogP contribution in [0.4, 0.5) is 11.5 Å². The molecule has 106 valence electrons. The summed E-state index contributed by atoms with van der Waals surface area (Å²) in [5.41, 5.74) is 1.06. The second-order valence-corrected chi connectivity index (χ2v) is 4.33. The third kappa shape index (κ3) is 3.76. The third-order valence-electron chi connectivity index (χ3n) is 2.72. The number of carbonyl (C=O) groups is 1. The average Bonchev–Trinajstić information content (AvgIpc) is 2.53. The lowest BCUT2D eigenvalue weighted by Gasteiger charge is -2.08. The Morgan fingerprint density at radius 1 is 1.33 bits per heavy atom. The van der Waals surface area contributed by atoms with Gasteiger partial charge in [0.25, 0.3) is 5.91 Å². The van der Waals surface area contributed by atoms with Crippen molar-refractivity contribution in [2.75, 3.05) is 17.2 Å². The van der Waals surface area contributed by atoms with Gasteiger partial charge in [-0.3, -0.25) is 9.78 Å². The van der Waals surface area contributed by atoms with Crippen molar-refractivity contribution in [3.05, 3.63) is 47.9 Å². The van der Waals surface area contributed by atoms with Crippen molar-refractivity contribution >= 4 is 17.4 Å². The summed E-state index contributed by atoms with van der Waals surface area (Å²) in [5.74, 6) is 0.156. The second-order valence-electron chi connectivity index (χ2n) is 4.33. The lowest BCUT2D eigenvalue weighted by Crippen LogP contribution is -2.16. The van der Waals surface area contributed by atoms with Gasteiger partial charge >= 0.3 is 0 Å². The Bertz CT molecular complexity index is 678. The number of benzene rings is 1. The van der Waals surface area contributed by atoms with E-state index in [1.54, 1.807) is 30.5 Å². The number of carbonyl (C=O) groups excluding carboxylic acids is 1. The molecule has 0 saturated heterocycles. The van der Waals surface area contributed by atoms with Gasteiger partial charge < -0.3 is 10.6 Å². The van der Waals surface area contributed by atoms with Gasteiger partial charge in [0.15, 0.2) is 0 Å². The predicted octanol–water partition coefficient (Wildman–Crippen LogP) is 2.42. The average molecular weight is 281 g/mol. The Balaban J connectivity index is 2.15. The molecule has 0 aliphatic carbocycles. The molecule has 2 aromatic rings. The van der Waals surface area contributed by atoms with E-state index in [4.69, 9.17) is 5.26 Å². The summed E-state index contributed by atoms with van der Waals surface area (Å²) in [6.45, 7) is 2.80. The molecule has 2 N–H and O–H groups in total. The molecule has 1 amide bonds. The van der Waals surface area contributed by atoms with E-state index in [1.807, 2.05) is 13.0 Å². The van der Waals surface area contributed by atoms with Crippen LogP contribution in [-0.4, -0.2) is 22.4 Å². The van der Waals surface area contributed by atoms with Crippen molar-refractivity contribution in [3.8, 4) is 6.07 Å². The molecule has 1 heterocycles. The van der Waals surface area contributed by atoms with E-state index < -0.39 is 5.91 Å². The van der Waals surface area contributed by atoms with Crippen LogP contribution in [-0.2, 0) is 0 Å². The minimum absolute atomic E-state index is 0.198. The highest BCUT2D eigenvalue weighted by atomic mass is 16.1. The first-order valence-electron chi connectivity index (χ1n) is 6.61. The van der Waals surface area contributed by atoms with Gasteiger partial charge in [-0.15, -0.1) is 0 Å². The molecule has 0 radical (unpaired) electrons.